The fourth-order valence-electron chi connectivity index (χ4n) is 0.955. The first-order valence-electron chi connectivity index (χ1n) is 4.92. The van der Waals surface area contributed by atoms with Crippen LogP contribution in [-0.4, -0.2) is 47.0 Å². The second kappa shape index (κ2) is 6.65. The Morgan fingerprint density at radius 3 is 2.31 bits per heavy atom. The number of carbonyl (C=O) groups is 3. The number of primary amides is 1. The minimum atomic E-state index is -1.19. The number of hydrogen-bond donors (Lipinski definition) is 3. The summed E-state index contributed by atoms with van der Waals surface area (Å²) in [6, 6.07) is -0.688. The molecular formula is C9H17N3O4. The summed E-state index contributed by atoms with van der Waals surface area (Å²) >= 11 is 0. The third kappa shape index (κ3) is 5.84. The van der Waals surface area contributed by atoms with Gasteiger partial charge in [-0.2, -0.15) is 0 Å². The molecule has 3 amide bonds. The van der Waals surface area contributed by atoms with E-state index in [-0.39, 0.29) is 6.04 Å². The first-order chi connectivity index (χ1) is 7.36. The predicted octanol–water partition coefficient (Wildman–Crippen LogP) is -0.634. The van der Waals surface area contributed by atoms with E-state index in [0.717, 1.165) is 4.90 Å². The molecule has 4 N–H and O–H groups in total. The summed E-state index contributed by atoms with van der Waals surface area (Å²) in [5.74, 6) is -1.94. The van der Waals surface area contributed by atoms with Gasteiger partial charge in [-0.05, 0) is 13.3 Å². The minimum absolute atomic E-state index is 0.0864. The van der Waals surface area contributed by atoms with E-state index in [2.05, 4.69) is 5.32 Å². The summed E-state index contributed by atoms with van der Waals surface area (Å²) in [5, 5.41) is 11.1. The number of aliphatic carboxylic acids is 1. The van der Waals surface area contributed by atoms with Gasteiger partial charge in [-0.15, -0.1) is 0 Å². The number of nitrogens with zero attached hydrogens (tertiary/aromatic N) is 1. The van der Waals surface area contributed by atoms with Crippen LogP contribution in [0.25, 0.3) is 0 Å². The molecule has 0 spiro atoms. The van der Waals surface area contributed by atoms with Gasteiger partial charge in [-0.25, -0.2) is 4.79 Å². The van der Waals surface area contributed by atoms with Gasteiger partial charge < -0.3 is 21.1 Å². The normalized spacial score (nSPS) is 11.6. The first-order valence-corrected chi connectivity index (χ1v) is 4.92. The topological polar surface area (TPSA) is 113 Å². The van der Waals surface area contributed by atoms with Gasteiger partial charge in [0.2, 0.25) is 5.91 Å². The maximum absolute atomic E-state index is 11.5. The zero-order valence-corrected chi connectivity index (χ0v) is 9.40. The highest BCUT2D eigenvalue weighted by atomic mass is 16.4. The van der Waals surface area contributed by atoms with Crippen molar-refractivity contribution in [2.24, 2.45) is 5.73 Å². The number of hydrogen-bond acceptors (Lipinski definition) is 3. The Balaban J connectivity index is 4.42. The predicted molar refractivity (Wildman–Crippen MR) is 56.7 cm³/mol. The van der Waals surface area contributed by atoms with Crippen molar-refractivity contribution in [1.29, 1.82) is 0 Å². The van der Waals surface area contributed by atoms with Crippen molar-refractivity contribution in [2.75, 3.05) is 13.1 Å². The average molecular weight is 231 g/mol. The Hall–Kier alpha value is -1.79. The van der Waals surface area contributed by atoms with Crippen molar-refractivity contribution in [3.63, 3.8) is 0 Å². The van der Waals surface area contributed by atoms with Crippen LogP contribution in [0.15, 0.2) is 0 Å². The monoisotopic (exact) mass is 231 g/mol. The lowest BCUT2D eigenvalue weighted by molar-refractivity contribution is -0.137. The van der Waals surface area contributed by atoms with Crippen molar-refractivity contribution in [3.8, 4) is 0 Å². The van der Waals surface area contributed by atoms with E-state index in [1.807, 2.05) is 6.92 Å². The van der Waals surface area contributed by atoms with Crippen molar-refractivity contribution in [3.05, 3.63) is 0 Å². The van der Waals surface area contributed by atoms with Gasteiger partial charge in [0, 0.05) is 6.04 Å². The number of rotatable bonds is 6. The van der Waals surface area contributed by atoms with Crippen molar-refractivity contribution in [2.45, 2.75) is 26.3 Å². The third-order valence-electron chi connectivity index (χ3n) is 1.94. The average Bonchev–Trinajstić information content (AvgIpc) is 2.15. The summed E-state index contributed by atoms with van der Waals surface area (Å²) < 4.78 is 0. The molecule has 0 heterocycles. The Morgan fingerprint density at radius 2 is 1.94 bits per heavy atom. The molecule has 92 valence electrons. The van der Waals surface area contributed by atoms with Crippen molar-refractivity contribution < 1.29 is 19.5 Å². The summed E-state index contributed by atoms with van der Waals surface area (Å²) in [5.41, 5.74) is 4.92. The zero-order valence-electron chi connectivity index (χ0n) is 9.40. The molecule has 1 unspecified atom stereocenters. The SMILES string of the molecule is CCC(C)NC(=O)N(CC(N)=O)CC(=O)O. The molecular weight excluding hydrogens is 214 g/mol. The highest BCUT2D eigenvalue weighted by molar-refractivity contribution is 5.85. The Kier molecular flexibility index (Phi) is 5.91. The summed E-state index contributed by atoms with van der Waals surface area (Å²) in [6.07, 6.45) is 0.712. The quantitative estimate of drug-likeness (QED) is 0.564. The Bertz CT molecular complexity index is 264. The molecule has 0 rings (SSSR count). The molecule has 0 aliphatic heterocycles. The Labute approximate surface area is 93.6 Å². The smallest absolute Gasteiger partial charge is 0.323 e. The maximum atomic E-state index is 11.5. The molecule has 7 nitrogen and oxygen atoms in total. The van der Waals surface area contributed by atoms with E-state index in [4.69, 9.17) is 10.8 Å². The maximum Gasteiger partial charge on any atom is 0.323 e. The summed E-state index contributed by atoms with van der Waals surface area (Å²) in [6.45, 7) is 2.70. The molecule has 0 radical (unpaired) electrons. The minimum Gasteiger partial charge on any atom is -0.480 e. The van der Waals surface area contributed by atoms with E-state index in [9.17, 15) is 14.4 Å². The number of carboxylic acid groups (broad SMARTS) is 1. The van der Waals surface area contributed by atoms with Crippen LogP contribution in [0, 0.1) is 0 Å². The van der Waals surface area contributed by atoms with Crippen LogP contribution in [0.3, 0.4) is 0 Å². The number of nitrogens with two attached hydrogens (primary N) is 1. The van der Waals surface area contributed by atoms with Gasteiger partial charge in [0.05, 0.1) is 0 Å². The number of amides is 3. The molecule has 16 heavy (non-hydrogen) atoms. The molecule has 0 saturated carbocycles. The number of carbonyl (C=O) groups excluding carboxylic acids is 2. The van der Waals surface area contributed by atoms with Crippen LogP contribution in [0.4, 0.5) is 4.79 Å². The highest BCUT2D eigenvalue weighted by Gasteiger charge is 2.19. The Morgan fingerprint density at radius 1 is 1.38 bits per heavy atom. The van der Waals surface area contributed by atoms with Crippen molar-refractivity contribution in [1.82, 2.24) is 10.2 Å². The van der Waals surface area contributed by atoms with E-state index >= 15 is 0 Å². The second-order valence-corrected chi connectivity index (χ2v) is 3.47. The lowest BCUT2D eigenvalue weighted by Crippen LogP contribution is -2.48. The second-order valence-electron chi connectivity index (χ2n) is 3.47. The molecule has 0 aromatic rings. The van der Waals surface area contributed by atoms with Crippen LogP contribution in [0.2, 0.25) is 0 Å². The van der Waals surface area contributed by atoms with Gasteiger partial charge in [0.15, 0.2) is 0 Å². The van der Waals surface area contributed by atoms with Crippen LogP contribution in [-0.2, 0) is 9.59 Å². The van der Waals surface area contributed by atoms with E-state index in [0.29, 0.717) is 6.42 Å². The van der Waals surface area contributed by atoms with Crippen molar-refractivity contribution >= 4 is 17.9 Å². The zero-order chi connectivity index (χ0) is 12.7. The van der Waals surface area contributed by atoms with Crippen LogP contribution < -0.4 is 11.1 Å². The molecule has 7 heteroatoms. The highest BCUT2D eigenvalue weighted by Crippen LogP contribution is 1.94. The van der Waals surface area contributed by atoms with Gasteiger partial charge in [0.1, 0.15) is 13.1 Å². The molecule has 0 fully saturated rings. The number of nitrogens with one attached hydrogen (secondary N) is 1. The molecule has 0 bridgehead atoms. The summed E-state index contributed by atoms with van der Waals surface area (Å²) in [7, 11) is 0. The molecule has 0 aromatic heterocycles. The van der Waals surface area contributed by atoms with Crippen LogP contribution >= 0.6 is 0 Å². The van der Waals surface area contributed by atoms with Crippen LogP contribution in [0.5, 0.6) is 0 Å². The molecule has 0 saturated heterocycles. The molecule has 1 atom stereocenters. The van der Waals surface area contributed by atoms with Crippen LogP contribution in [0.1, 0.15) is 20.3 Å². The fourth-order valence-corrected chi connectivity index (χ4v) is 0.955. The van der Waals surface area contributed by atoms with Gasteiger partial charge >= 0.3 is 12.0 Å². The van der Waals surface area contributed by atoms with Gasteiger partial charge in [-0.1, -0.05) is 6.92 Å². The first kappa shape index (κ1) is 14.2. The van der Waals surface area contributed by atoms with Gasteiger partial charge in [-0.3, -0.25) is 9.59 Å². The third-order valence-corrected chi connectivity index (χ3v) is 1.94. The summed E-state index contributed by atoms with van der Waals surface area (Å²) in [4.78, 5) is 33.5. The van der Waals surface area contributed by atoms with E-state index in [1.165, 1.54) is 0 Å². The number of urea groups is 1. The molecule has 0 aliphatic carbocycles. The molecule has 0 aliphatic rings. The van der Waals surface area contributed by atoms with Gasteiger partial charge in [0.25, 0.3) is 0 Å². The standard InChI is InChI=1S/C9H17N3O4/c1-3-6(2)11-9(16)12(4-7(10)13)5-8(14)15/h6H,3-5H2,1-2H3,(H2,10,13)(H,11,16)(H,14,15). The largest absolute Gasteiger partial charge is 0.480 e. The van der Waals surface area contributed by atoms with E-state index < -0.39 is 31.0 Å². The fraction of sp³-hybridized carbons (Fsp3) is 0.667. The lowest BCUT2D eigenvalue weighted by Gasteiger charge is -2.21. The number of carboxylic acids is 1. The lowest BCUT2D eigenvalue weighted by atomic mass is 10.3. The van der Waals surface area contributed by atoms with E-state index in [1.54, 1.807) is 6.92 Å². The molecule has 0 aromatic carbocycles.